The Morgan fingerprint density at radius 2 is 1.57 bits per heavy atom. The summed E-state index contributed by atoms with van der Waals surface area (Å²) in [6.45, 7) is 0.360. The summed E-state index contributed by atoms with van der Waals surface area (Å²) in [6.07, 6.45) is 1.26. The molecule has 0 saturated carbocycles. The van der Waals surface area contributed by atoms with Gasteiger partial charge < -0.3 is 15.7 Å². The highest BCUT2D eigenvalue weighted by Crippen LogP contribution is 1.99. The van der Waals surface area contributed by atoms with Gasteiger partial charge in [-0.15, -0.1) is 0 Å². The third-order valence-electron chi connectivity index (χ3n) is 2.82. The van der Waals surface area contributed by atoms with E-state index in [1.54, 1.807) is 0 Å². The number of hydrogen-bond donors (Lipinski definition) is 3. The van der Waals surface area contributed by atoms with Gasteiger partial charge in [0.25, 0.3) is 0 Å². The lowest BCUT2D eigenvalue weighted by Gasteiger charge is -2.07. The highest BCUT2D eigenvalue weighted by molar-refractivity contribution is 5.84. The third-order valence-corrected chi connectivity index (χ3v) is 2.82. The van der Waals surface area contributed by atoms with Crippen LogP contribution in [-0.4, -0.2) is 29.4 Å². The van der Waals surface area contributed by atoms with E-state index in [4.69, 9.17) is 5.11 Å². The molecule has 114 valence electrons. The SMILES string of the molecule is O=C(O)CCCCC(=O)NCC(=O)NCc1ccccc1. The largest absolute Gasteiger partial charge is 0.481 e. The molecule has 1 aromatic carbocycles. The molecule has 3 N–H and O–H groups in total. The van der Waals surface area contributed by atoms with Crippen LogP contribution in [0, 0.1) is 0 Å². The number of hydrogen-bond acceptors (Lipinski definition) is 3. The minimum atomic E-state index is -0.865. The van der Waals surface area contributed by atoms with E-state index in [0.717, 1.165) is 5.56 Å². The summed E-state index contributed by atoms with van der Waals surface area (Å²) in [5.74, 6) is -1.36. The van der Waals surface area contributed by atoms with E-state index in [1.807, 2.05) is 30.3 Å². The molecule has 0 unspecified atom stereocenters. The molecule has 0 aliphatic heterocycles. The average Bonchev–Trinajstić information content (AvgIpc) is 2.48. The minimum Gasteiger partial charge on any atom is -0.481 e. The Morgan fingerprint density at radius 1 is 0.905 bits per heavy atom. The molecule has 1 rings (SSSR count). The Kier molecular flexibility index (Phi) is 7.56. The molecule has 1 aromatic rings. The van der Waals surface area contributed by atoms with Crippen LogP contribution in [0.1, 0.15) is 31.2 Å². The molecule has 0 spiro atoms. The smallest absolute Gasteiger partial charge is 0.303 e. The predicted molar refractivity (Wildman–Crippen MR) is 77.4 cm³/mol. The number of amides is 2. The van der Waals surface area contributed by atoms with Crippen LogP contribution in [0.3, 0.4) is 0 Å². The van der Waals surface area contributed by atoms with Crippen molar-refractivity contribution in [2.75, 3.05) is 6.54 Å². The maximum Gasteiger partial charge on any atom is 0.303 e. The number of benzene rings is 1. The van der Waals surface area contributed by atoms with Gasteiger partial charge in [-0.3, -0.25) is 14.4 Å². The minimum absolute atomic E-state index is 0.0604. The van der Waals surface area contributed by atoms with Crippen molar-refractivity contribution in [1.82, 2.24) is 10.6 Å². The fourth-order valence-corrected chi connectivity index (χ4v) is 1.69. The molecule has 2 amide bonds. The molecule has 0 radical (unpaired) electrons. The Balaban J connectivity index is 2.09. The quantitative estimate of drug-likeness (QED) is 0.593. The second kappa shape index (κ2) is 9.52. The number of unbranched alkanes of at least 4 members (excludes halogenated alkanes) is 1. The number of nitrogens with one attached hydrogen (secondary N) is 2. The summed E-state index contributed by atoms with van der Waals surface area (Å²) in [4.78, 5) is 33.3. The predicted octanol–water partition coefficient (Wildman–Crippen LogP) is 1.06. The molecule has 6 heteroatoms. The fraction of sp³-hybridized carbons (Fsp3) is 0.400. The van der Waals surface area contributed by atoms with Gasteiger partial charge in [0.15, 0.2) is 0 Å². The van der Waals surface area contributed by atoms with Crippen molar-refractivity contribution in [3.05, 3.63) is 35.9 Å². The van der Waals surface area contributed by atoms with Crippen molar-refractivity contribution in [2.45, 2.75) is 32.2 Å². The number of carbonyl (C=O) groups is 3. The molecule has 0 aliphatic rings. The van der Waals surface area contributed by atoms with Crippen molar-refractivity contribution in [2.24, 2.45) is 0 Å². The Bertz CT molecular complexity index is 474. The van der Waals surface area contributed by atoms with E-state index < -0.39 is 5.97 Å². The van der Waals surface area contributed by atoms with Gasteiger partial charge >= 0.3 is 5.97 Å². The van der Waals surface area contributed by atoms with E-state index in [9.17, 15) is 14.4 Å². The first-order chi connectivity index (χ1) is 10.1. The number of rotatable bonds is 9. The number of carbonyl (C=O) groups excluding carboxylic acids is 2. The summed E-state index contributed by atoms with van der Waals surface area (Å²) in [7, 11) is 0. The molecule has 0 atom stereocenters. The Hall–Kier alpha value is -2.37. The second-order valence-corrected chi connectivity index (χ2v) is 4.64. The molecule has 0 heterocycles. The van der Waals surface area contributed by atoms with Crippen LogP contribution in [0.25, 0.3) is 0 Å². The van der Waals surface area contributed by atoms with Crippen molar-refractivity contribution >= 4 is 17.8 Å². The molecule has 0 fully saturated rings. The molecule has 0 saturated heterocycles. The van der Waals surface area contributed by atoms with Gasteiger partial charge in [0.1, 0.15) is 0 Å². The summed E-state index contributed by atoms with van der Waals surface area (Å²) in [6, 6.07) is 9.49. The topological polar surface area (TPSA) is 95.5 Å². The monoisotopic (exact) mass is 292 g/mol. The highest BCUT2D eigenvalue weighted by Gasteiger charge is 2.06. The number of carboxylic acids is 1. The average molecular weight is 292 g/mol. The molecular formula is C15H20N2O4. The van der Waals surface area contributed by atoms with E-state index in [-0.39, 0.29) is 31.2 Å². The van der Waals surface area contributed by atoms with E-state index >= 15 is 0 Å². The zero-order valence-corrected chi connectivity index (χ0v) is 11.8. The van der Waals surface area contributed by atoms with Gasteiger partial charge in [0.2, 0.25) is 11.8 Å². The zero-order chi connectivity index (χ0) is 15.5. The summed E-state index contributed by atoms with van der Waals surface area (Å²) in [5.41, 5.74) is 0.992. The van der Waals surface area contributed by atoms with Crippen LogP contribution in [0.2, 0.25) is 0 Å². The number of aliphatic carboxylic acids is 1. The van der Waals surface area contributed by atoms with Crippen LogP contribution in [0.15, 0.2) is 30.3 Å². The molecule has 21 heavy (non-hydrogen) atoms. The maximum absolute atomic E-state index is 11.5. The van der Waals surface area contributed by atoms with Crippen LogP contribution in [0.5, 0.6) is 0 Å². The zero-order valence-electron chi connectivity index (χ0n) is 11.8. The van der Waals surface area contributed by atoms with Crippen molar-refractivity contribution in [3.8, 4) is 0 Å². The third kappa shape index (κ3) is 8.41. The lowest BCUT2D eigenvalue weighted by Crippen LogP contribution is -2.36. The Morgan fingerprint density at radius 3 is 2.24 bits per heavy atom. The molecular weight excluding hydrogens is 272 g/mol. The van der Waals surface area contributed by atoms with Crippen LogP contribution >= 0.6 is 0 Å². The maximum atomic E-state index is 11.5. The molecule has 0 aromatic heterocycles. The fourth-order valence-electron chi connectivity index (χ4n) is 1.69. The van der Waals surface area contributed by atoms with E-state index in [1.165, 1.54) is 0 Å². The van der Waals surface area contributed by atoms with Crippen molar-refractivity contribution < 1.29 is 19.5 Å². The van der Waals surface area contributed by atoms with E-state index in [2.05, 4.69) is 10.6 Å². The molecule has 0 bridgehead atoms. The molecule has 6 nitrogen and oxygen atoms in total. The lowest BCUT2D eigenvalue weighted by molar-refractivity contribution is -0.137. The van der Waals surface area contributed by atoms with Gasteiger partial charge in [0.05, 0.1) is 6.54 Å². The second-order valence-electron chi connectivity index (χ2n) is 4.64. The standard InChI is InChI=1S/C15H20N2O4/c18-13(8-4-5-9-15(20)21)17-11-14(19)16-10-12-6-2-1-3-7-12/h1-3,6-7H,4-5,8-11H2,(H,16,19)(H,17,18)(H,20,21). The normalized spacial score (nSPS) is 9.90. The number of carboxylic acid groups (broad SMARTS) is 1. The summed E-state index contributed by atoms with van der Waals surface area (Å²) >= 11 is 0. The lowest BCUT2D eigenvalue weighted by atomic mass is 10.2. The first-order valence-electron chi connectivity index (χ1n) is 6.87. The first-order valence-corrected chi connectivity index (χ1v) is 6.87. The van der Waals surface area contributed by atoms with E-state index in [0.29, 0.717) is 19.4 Å². The molecule has 0 aliphatic carbocycles. The highest BCUT2D eigenvalue weighted by atomic mass is 16.4. The van der Waals surface area contributed by atoms with Gasteiger partial charge in [0, 0.05) is 19.4 Å². The van der Waals surface area contributed by atoms with Gasteiger partial charge in [-0.05, 0) is 18.4 Å². The van der Waals surface area contributed by atoms with Crippen LogP contribution in [0.4, 0.5) is 0 Å². The summed E-state index contributed by atoms with van der Waals surface area (Å²) < 4.78 is 0. The van der Waals surface area contributed by atoms with Crippen LogP contribution in [-0.2, 0) is 20.9 Å². The Labute approximate surface area is 123 Å². The van der Waals surface area contributed by atoms with Crippen molar-refractivity contribution in [3.63, 3.8) is 0 Å². The first kappa shape index (κ1) is 16.7. The van der Waals surface area contributed by atoms with Gasteiger partial charge in [-0.2, -0.15) is 0 Å². The summed E-state index contributed by atoms with van der Waals surface area (Å²) in [5, 5.41) is 13.7. The van der Waals surface area contributed by atoms with Crippen LogP contribution < -0.4 is 10.6 Å². The van der Waals surface area contributed by atoms with Gasteiger partial charge in [-0.25, -0.2) is 0 Å². The van der Waals surface area contributed by atoms with Gasteiger partial charge in [-0.1, -0.05) is 30.3 Å². The van der Waals surface area contributed by atoms with Crippen molar-refractivity contribution in [1.29, 1.82) is 0 Å².